The molecule has 0 N–H and O–H groups in total. The molecule has 4 rings (SSSR count). The van der Waals surface area contributed by atoms with E-state index in [9.17, 15) is 31.5 Å². The maximum atomic E-state index is 13.9. The lowest BCUT2D eigenvalue weighted by atomic mass is 10.0. The monoisotopic (exact) mass is 550 g/mol. The van der Waals surface area contributed by atoms with Crippen LogP contribution in [0.4, 0.5) is 22.0 Å². The largest absolute Gasteiger partial charge is 0.497 e. The maximum Gasteiger partial charge on any atom is 0.352 e. The molecule has 1 aliphatic rings. The molecule has 1 aliphatic heterocycles. The van der Waals surface area contributed by atoms with Gasteiger partial charge in [0, 0.05) is 17.7 Å². The number of fused-ring (bicyclic) bond motifs is 1. The van der Waals surface area contributed by atoms with Crippen LogP contribution in [0, 0.1) is 36.0 Å². The third-order valence-corrected chi connectivity index (χ3v) is 5.69. The first-order chi connectivity index (χ1) is 18.5. The summed E-state index contributed by atoms with van der Waals surface area (Å²) in [5.74, 6) is -13.7. The van der Waals surface area contributed by atoms with Crippen LogP contribution in [0.1, 0.15) is 28.4 Å². The standard InChI is InChI=1S/C27H19F5O7/c1-11-7-15(38-27(34)12(2)37-26-23(31)21(29)20(28)22(30)24(26)32)10-17-19(11)25(33)18(39-17)8-13-5-6-14(35-3)9-16(13)36-4/h5-10,12H,1-4H3/b18-8-. The molecule has 1 unspecified atom stereocenters. The predicted molar refractivity (Wildman–Crippen MR) is 126 cm³/mol. The Morgan fingerprint density at radius 1 is 0.897 bits per heavy atom. The smallest absolute Gasteiger partial charge is 0.352 e. The van der Waals surface area contributed by atoms with Gasteiger partial charge in [-0.2, -0.15) is 8.78 Å². The van der Waals surface area contributed by atoms with E-state index in [1.165, 1.54) is 32.4 Å². The van der Waals surface area contributed by atoms with Crippen LogP contribution in [0.3, 0.4) is 0 Å². The zero-order chi connectivity index (χ0) is 28.6. The number of hydrogen-bond acceptors (Lipinski definition) is 7. The average Bonchev–Trinajstić information content (AvgIpc) is 3.23. The summed E-state index contributed by atoms with van der Waals surface area (Å²) >= 11 is 0. The number of carbonyl (C=O) groups is 2. The zero-order valence-electron chi connectivity index (χ0n) is 20.8. The number of halogens is 5. The second-order valence-corrected chi connectivity index (χ2v) is 8.24. The molecule has 0 aliphatic carbocycles. The number of allylic oxidation sites excluding steroid dienone is 1. The summed E-state index contributed by atoms with van der Waals surface area (Å²) in [7, 11) is 2.94. The molecule has 7 nitrogen and oxygen atoms in total. The average molecular weight is 550 g/mol. The summed E-state index contributed by atoms with van der Waals surface area (Å²) < 4.78 is 94.0. The van der Waals surface area contributed by atoms with Gasteiger partial charge < -0.3 is 23.7 Å². The number of esters is 1. The minimum Gasteiger partial charge on any atom is -0.497 e. The number of carbonyl (C=O) groups excluding carboxylic acids is 2. The molecule has 1 heterocycles. The molecule has 0 fully saturated rings. The highest BCUT2D eigenvalue weighted by Gasteiger charge is 2.32. The van der Waals surface area contributed by atoms with Crippen molar-refractivity contribution in [3.8, 4) is 28.7 Å². The summed E-state index contributed by atoms with van der Waals surface area (Å²) in [6.45, 7) is 2.55. The van der Waals surface area contributed by atoms with Crippen LogP contribution in [-0.2, 0) is 4.79 Å². The Balaban J connectivity index is 1.55. The second kappa shape index (κ2) is 10.6. The third-order valence-electron chi connectivity index (χ3n) is 5.69. The number of aryl methyl sites for hydroxylation is 1. The van der Waals surface area contributed by atoms with Crippen molar-refractivity contribution in [2.24, 2.45) is 0 Å². The van der Waals surface area contributed by atoms with Gasteiger partial charge in [-0.15, -0.1) is 0 Å². The summed E-state index contributed by atoms with van der Waals surface area (Å²) in [6.07, 6.45) is -0.321. The van der Waals surface area contributed by atoms with Crippen molar-refractivity contribution < 1.29 is 55.2 Å². The van der Waals surface area contributed by atoms with Crippen molar-refractivity contribution in [1.29, 1.82) is 0 Å². The summed E-state index contributed by atoms with van der Waals surface area (Å²) in [5.41, 5.74) is 1.11. The Morgan fingerprint density at radius 3 is 2.15 bits per heavy atom. The Labute approximate surface area is 218 Å². The summed E-state index contributed by atoms with van der Waals surface area (Å²) in [5, 5.41) is 0. The van der Waals surface area contributed by atoms with Gasteiger partial charge in [0.2, 0.25) is 34.9 Å². The lowest BCUT2D eigenvalue weighted by molar-refractivity contribution is -0.141. The van der Waals surface area contributed by atoms with E-state index in [-0.39, 0.29) is 22.8 Å². The highest BCUT2D eigenvalue weighted by Crippen LogP contribution is 2.39. The number of Topliss-reactive ketones (excluding diaryl/α,β-unsaturated/α-hetero) is 1. The van der Waals surface area contributed by atoms with E-state index in [1.54, 1.807) is 25.1 Å². The molecule has 0 bridgehead atoms. The number of hydrogen-bond donors (Lipinski definition) is 0. The second-order valence-electron chi connectivity index (χ2n) is 8.24. The van der Waals surface area contributed by atoms with Crippen LogP contribution in [0.25, 0.3) is 6.08 Å². The molecular weight excluding hydrogens is 531 g/mol. The fourth-order valence-electron chi connectivity index (χ4n) is 3.73. The highest BCUT2D eigenvalue weighted by molar-refractivity contribution is 6.15. The quantitative estimate of drug-likeness (QED) is 0.0933. The van der Waals surface area contributed by atoms with Gasteiger partial charge in [-0.25, -0.2) is 18.0 Å². The van der Waals surface area contributed by atoms with Crippen LogP contribution in [0.2, 0.25) is 0 Å². The third kappa shape index (κ3) is 5.09. The first-order valence-corrected chi connectivity index (χ1v) is 11.2. The molecule has 3 aromatic rings. The van der Waals surface area contributed by atoms with E-state index in [1.807, 2.05) is 0 Å². The van der Waals surface area contributed by atoms with E-state index >= 15 is 0 Å². The number of ketones is 1. The zero-order valence-corrected chi connectivity index (χ0v) is 20.8. The molecule has 39 heavy (non-hydrogen) atoms. The Morgan fingerprint density at radius 2 is 1.54 bits per heavy atom. The van der Waals surface area contributed by atoms with Crippen LogP contribution in [0.15, 0.2) is 36.1 Å². The molecule has 12 heteroatoms. The number of benzene rings is 3. The van der Waals surface area contributed by atoms with Crippen LogP contribution >= 0.6 is 0 Å². The van der Waals surface area contributed by atoms with Crippen molar-refractivity contribution in [1.82, 2.24) is 0 Å². The number of rotatable bonds is 7. The molecule has 1 atom stereocenters. The van der Waals surface area contributed by atoms with E-state index in [0.29, 0.717) is 22.6 Å². The molecule has 3 aromatic carbocycles. The normalized spacial score (nSPS) is 14.1. The Hall–Kier alpha value is -4.61. The molecular formula is C27H19F5O7. The molecule has 0 amide bonds. The molecule has 0 aromatic heterocycles. The lowest BCUT2D eigenvalue weighted by Crippen LogP contribution is -2.29. The van der Waals surface area contributed by atoms with Gasteiger partial charge in [-0.3, -0.25) is 4.79 Å². The summed E-state index contributed by atoms with van der Waals surface area (Å²) in [4.78, 5) is 25.5. The lowest BCUT2D eigenvalue weighted by Gasteiger charge is -2.16. The maximum absolute atomic E-state index is 13.9. The SMILES string of the molecule is COc1ccc(/C=C2\Oc3cc(OC(=O)C(C)Oc4c(F)c(F)c(F)c(F)c4F)cc(C)c3C2=O)c(OC)c1. The van der Waals surface area contributed by atoms with Crippen molar-refractivity contribution in [3.63, 3.8) is 0 Å². The first kappa shape index (κ1) is 27.4. The minimum atomic E-state index is -2.37. The molecule has 0 spiro atoms. The fourth-order valence-corrected chi connectivity index (χ4v) is 3.73. The van der Waals surface area contributed by atoms with Gasteiger partial charge in [-0.05, 0) is 43.7 Å². The van der Waals surface area contributed by atoms with Crippen molar-refractivity contribution in [2.45, 2.75) is 20.0 Å². The summed E-state index contributed by atoms with van der Waals surface area (Å²) in [6, 6.07) is 7.52. The van der Waals surface area contributed by atoms with Gasteiger partial charge in [0.25, 0.3) is 0 Å². The predicted octanol–water partition coefficient (Wildman–Crippen LogP) is 5.70. The van der Waals surface area contributed by atoms with Gasteiger partial charge in [0.1, 0.15) is 23.0 Å². The highest BCUT2D eigenvalue weighted by atomic mass is 19.2. The van der Waals surface area contributed by atoms with Gasteiger partial charge in [-0.1, -0.05) is 0 Å². The van der Waals surface area contributed by atoms with Crippen molar-refractivity contribution in [2.75, 3.05) is 14.2 Å². The fraction of sp³-hybridized carbons (Fsp3) is 0.185. The van der Waals surface area contributed by atoms with Gasteiger partial charge >= 0.3 is 5.97 Å². The topological polar surface area (TPSA) is 80.3 Å². The van der Waals surface area contributed by atoms with E-state index in [0.717, 1.165) is 6.92 Å². The molecule has 204 valence electrons. The Bertz CT molecular complexity index is 1500. The van der Waals surface area contributed by atoms with Gasteiger partial charge in [0.05, 0.1) is 19.8 Å². The molecule has 0 saturated carbocycles. The first-order valence-electron chi connectivity index (χ1n) is 11.2. The number of ether oxygens (including phenoxy) is 5. The van der Waals surface area contributed by atoms with Crippen LogP contribution < -0.4 is 23.7 Å². The molecule has 0 saturated heterocycles. The van der Waals surface area contributed by atoms with Crippen molar-refractivity contribution >= 4 is 17.8 Å². The van der Waals surface area contributed by atoms with Crippen LogP contribution in [0.5, 0.6) is 28.7 Å². The number of methoxy groups -OCH3 is 2. The van der Waals surface area contributed by atoms with Gasteiger partial charge in [0.15, 0.2) is 17.6 Å². The minimum absolute atomic E-state index is 0.0388. The van der Waals surface area contributed by atoms with E-state index in [2.05, 4.69) is 0 Å². The molecule has 0 radical (unpaired) electrons. The van der Waals surface area contributed by atoms with Crippen molar-refractivity contribution in [3.05, 3.63) is 81.9 Å². The Kier molecular flexibility index (Phi) is 7.48. The van der Waals surface area contributed by atoms with Crippen LogP contribution in [-0.4, -0.2) is 32.1 Å². The van der Waals surface area contributed by atoms with E-state index < -0.39 is 52.7 Å². The van der Waals surface area contributed by atoms with E-state index in [4.69, 9.17) is 23.7 Å².